The molecular weight excluding hydrogens is 202 g/mol. The number of carbonyl (C=O) groups excluding carboxylic acids is 1. The van der Waals surface area contributed by atoms with Gasteiger partial charge in [0.15, 0.2) is 0 Å². The topological polar surface area (TPSA) is 38.3 Å². The van der Waals surface area contributed by atoms with Crippen LogP contribution in [0.25, 0.3) is 0 Å². The Kier molecular flexibility index (Phi) is 4.99. The summed E-state index contributed by atoms with van der Waals surface area (Å²) in [4.78, 5) is 11.3. The van der Waals surface area contributed by atoms with Crippen molar-refractivity contribution in [1.29, 1.82) is 0 Å². The van der Waals surface area contributed by atoms with Gasteiger partial charge in [-0.25, -0.2) is 4.79 Å². The van der Waals surface area contributed by atoms with Crippen molar-refractivity contribution in [2.75, 3.05) is 7.11 Å². The van der Waals surface area contributed by atoms with Crippen LogP contribution in [0.15, 0.2) is 24.3 Å². The number of rotatable bonds is 5. The summed E-state index contributed by atoms with van der Waals surface area (Å²) in [5.41, 5.74) is 1.70. The Labute approximate surface area is 96.8 Å². The molecule has 1 aromatic rings. The van der Waals surface area contributed by atoms with Gasteiger partial charge in [0.05, 0.1) is 12.7 Å². The fourth-order valence-electron chi connectivity index (χ4n) is 1.36. The van der Waals surface area contributed by atoms with E-state index in [1.165, 1.54) is 7.11 Å². The van der Waals surface area contributed by atoms with Gasteiger partial charge >= 0.3 is 5.97 Å². The number of benzene rings is 1. The van der Waals surface area contributed by atoms with E-state index in [-0.39, 0.29) is 5.97 Å². The van der Waals surface area contributed by atoms with E-state index in [0.29, 0.717) is 11.6 Å². The molecule has 0 bridgehead atoms. The molecule has 1 unspecified atom stereocenters. The average Bonchev–Trinajstić information content (AvgIpc) is 2.35. The van der Waals surface area contributed by atoms with Crippen LogP contribution < -0.4 is 5.32 Å². The molecular formula is C13H19NO2. The molecule has 88 valence electrons. The third kappa shape index (κ3) is 3.66. The average molecular weight is 221 g/mol. The Bertz CT molecular complexity index is 350. The first-order chi connectivity index (χ1) is 7.67. The molecule has 0 saturated carbocycles. The molecule has 0 fully saturated rings. The quantitative estimate of drug-likeness (QED) is 0.776. The van der Waals surface area contributed by atoms with Gasteiger partial charge in [-0.3, -0.25) is 0 Å². The van der Waals surface area contributed by atoms with Crippen molar-refractivity contribution in [2.24, 2.45) is 0 Å². The lowest BCUT2D eigenvalue weighted by Crippen LogP contribution is -2.24. The van der Waals surface area contributed by atoms with Crippen molar-refractivity contribution in [3.63, 3.8) is 0 Å². The first-order valence-corrected chi connectivity index (χ1v) is 5.58. The first-order valence-electron chi connectivity index (χ1n) is 5.58. The van der Waals surface area contributed by atoms with E-state index in [2.05, 4.69) is 23.9 Å². The highest BCUT2D eigenvalue weighted by molar-refractivity contribution is 5.89. The summed E-state index contributed by atoms with van der Waals surface area (Å²) >= 11 is 0. The third-order valence-corrected chi connectivity index (χ3v) is 2.62. The summed E-state index contributed by atoms with van der Waals surface area (Å²) in [7, 11) is 1.40. The van der Waals surface area contributed by atoms with Crippen molar-refractivity contribution in [3.05, 3.63) is 35.4 Å². The molecule has 1 N–H and O–H groups in total. The number of ether oxygens (including phenoxy) is 1. The second kappa shape index (κ2) is 6.28. The highest BCUT2D eigenvalue weighted by atomic mass is 16.5. The fraction of sp³-hybridized carbons (Fsp3) is 0.462. The predicted molar refractivity (Wildman–Crippen MR) is 64.4 cm³/mol. The number of carbonyl (C=O) groups is 1. The van der Waals surface area contributed by atoms with Crippen molar-refractivity contribution in [1.82, 2.24) is 5.32 Å². The van der Waals surface area contributed by atoms with Gasteiger partial charge in [0.25, 0.3) is 0 Å². The van der Waals surface area contributed by atoms with Crippen LogP contribution in [0.2, 0.25) is 0 Å². The zero-order valence-electron chi connectivity index (χ0n) is 10.1. The number of hydrogen-bond donors (Lipinski definition) is 1. The fourth-order valence-corrected chi connectivity index (χ4v) is 1.36. The first kappa shape index (κ1) is 12.7. The van der Waals surface area contributed by atoms with Crippen molar-refractivity contribution >= 4 is 5.97 Å². The Morgan fingerprint density at radius 1 is 1.50 bits per heavy atom. The van der Waals surface area contributed by atoms with Crippen LogP contribution in [-0.4, -0.2) is 19.1 Å². The van der Waals surface area contributed by atoms with Gasteiger partial charge < -0.3 is 10.1 Å². The number of hydrogen-bond acceptors (Lipinski definition) is 3. The lowest BCUT2D eigenvalue weighted by Gasteiger charge is -2.11. The maximum Gasteiger partial charge on any atom is 0.337 e. The minimum Gasteiger partial charge on any atom is -0.465 e. The van der Waals surface area contributed by atoms with E-state index in [0.717, 1.165) is 18.5 Å². The molecule has 0 radical (unpaired) electrons. The van der Waals surface area contributed by atoms with Crippen LogP contribution in [0.4, 0.5) is 0 Å². The summed E-state index contributed by atoms with van der Waals surface area (Å²) in [6, 6.07) is 7.99. The maximum atomic E-state index is 11.3. The largest absolute Gasteiger partial charge is 0.465 e. The van der Waals surface area contributed by atoms with Crippen LogP contribution in [0.5, 0.6) is 0 Å². The molecule has 3 heteroatoms. The molecule has 0 saturated heterocycles. The molecule has 0 spiro atoms. The standard InChI is InChI=1S/C13H19NO2/c1-4-10(2)14-9-11-6-5-7-12(8-11)13(15)16-3/h5-8,10,14H,4,9H2,1-3H3. The van der Waals surface area contributed by atoms with E-state index in [4.69, 9.17) is 0 Å². The number of esters is 1. The van der Waals surface area contributed by atoms with Crippen LogP contribution in [0, 0.1) is 0 Å². The summed E-state index contributed by atoms with van der Waals surface area (Å²) < 4.78 is 4.68. The van der Waals surface area contributed by atoms with Crippen molar-refractivity contribution in [3.8, 4) is 0 Å². The molecule has 1 atom stereocenters. The van der Waals surface area contributed by atoms with Crippen molar-refractivity contribution in [2.45, 2.75) is 32.9 Å². The molecule has 0 heterocycles. The highest BCUT2D eigenvalue weighted by Crippen LogP contribution is 2.07. The SMILES string of the molecule is CCC(C)NCc1cccc(C(=O)OC)c1. The van der Waals surface area contributed by atoms with Crippen LogP contribution >= 0.6 is 0 Å². The third-order valence-electron chi connectivity index (χ3n) is 2.62. The van der Waals surface area contributed by atoms with Gasteiger partial charge in [0, 0.05) is 12.6 Å². The zero-order chi connectivity index (χ0) is 12.0. The van der Waals surface area contributed by atoms with Crippen molar-refractivity contribution < 1.29 is 9.53 Å². The summed E-state index contributed by atoms with van der Waals surface area (Å²) in [6.45, 7) is 5.06. The molecule has 1 aromatic carbocycles. The normalized spacial score (nSPS) is 12.2. The predicted octanol–water partition coefficient (Wildman–Crippen LogP) is 2.36. The zero-order valence-corrected chi connectivity index (χ0v) is 10.1. The van der Waals surface area contributed by atoms with Crippen LogP contribution in [0.3, 0.4) is 0 Å². The Balaban J connectivity index is 2.64. The van der Waals surface area contributed by atoms with Gasteiger partial charge in [-0.2, -0.15) is 0 Å². The maximum absolute atomic E-state index is 11.3. The van der Waals surface area contributed by atoms with Crippen LogP contribution in [0.1, 0.15) is 36.2 Å². The molecule has 0 aromatic heterocycles. The monoisotopic (exact) mass is 221 g/mol. The number of nitrogens with one attached hydrogen (secondary N) is 1. The Morgan fingerprint density at radius 2 is 2.25 bits per heavy atom. The molecule has 0 amide bonds. The van der Waals surface area contributed by atoms with Gasteiger partial charge in [-0.05, 0) is 31.0 Å². The van der Waals surface area contributed by atoms with Gasteiger partial charge in [0.2, 0.25) is 0 Å². The Morgan fingerprint density at radius 3 is 2.88 bits per heavy atom. The summed E-state index contributed by atoms with van der Waals surface area (Å²) in [5.74, 6) is -0.287. The molecule has 3 nitrogen and oxygen atoms in total. The van der Waals surface area contributed by atoms with Gasteiger partial charge in [0.1, 0.15) is 0 Å². The van der Waals surface area contributed by atoms with E-state index < -0.39 is 0 Å². The van der Waals surface area contributed by atoms with Crippen LogP contribution in [-0.2, 0) is 11.3 Å². The lowest BCUT2D eigenvalue weighted by atomic mass is 10.1. The summed E-state index contributed by atoms with van der Waals surface area (Å²) in [6.07, 6.45) is 1.09. The molecule has 0 aliphatic carbocycles. The van der Waals surface area contributed by atoms with E-state index in [1.54, 1.807) is 6.07 Å². The van der Waals surface area contributed by atoms with Gasteiger partial charge in [-0.15, -0.1) is 0 Å². The van der Waals surface area contributed by atoms with E-state index in [1.807, 2.05) is 18.2 Å². The molecule has 0 aliphatic heterocycles. The minimum atomic E-state index is -0.287. The molecule has 16 heavy (non-hydrogen) atoms. The molecule has 0 aliphatic rings. The van der Waals surface area contributed by atoms with Gasteiger partial charge in [-0.1, -0.05) is 19.1 Å². The van der Waals surface area contributed by atoms with E-state index >= 15 is 0 Å². The number of methoxy groups -OCH3 is 1. The second-order valence-electron chi connectivity index (χ2n) is 3.88. The molecule has 1 rings (SSSR count). The summed E-state index contributed by atoms with van der Waals surface area (Å²) in [5, 5.41) is 3.38. The second-order valence-corrected chi connectivity index (χ2v) is 3.88. The smallest absolute Gasteiger partial charge is 0.337 e. The Hall–Kier alpha value is -1.35. The van der Waals surface area contributed by atoms with E-state index in [9.17, 15) is 4.79 Å². The lowest BCUT2D eigenvalue weighted by molar-refractivity contribution is 0.0600. The minimum absolute atomic E-state index is 0.287. The highest BCUT2D eigenvalue weighted by Gasteiger charge is 2.05.